The number of likely N-dealkylation sites (tertiary alicyclic amines) is 12. The first-order chi connectivity index (χ1) is 45.3. The number of amides is 13. The van der Waals surface area contributed by atoms with Gasteiger partial charge in [-0.3, -0.25) is 62.3 Å². The first-order valence-corrected chi connectivity index (χ1v) is 34.3. The van der Waals surface area contributed by atoms with Crippen LogP contribution in [0.2, 0.25) is 0 Å². The van der Waals surface area contributed by atoms with Gasteiger partial charge in [-0.15, -0.1) is 0 Å². The number of azide groups is 2. The van der Waals surface area contributed by atoms with Gasteiger partial charge in [-0.1, -0.05) is 10.2 Å². The molecule has 0 unspecified atom stereocenters. The van der Waals surface area contributed by atoms with E-state index in [-0.39, 0.29) is 108 Å². The Kier molecular flexibility index (Phi) is 19.3. The van der Waals surface area contributed by atoms with Crippen molar-refractivity contribution in [2.45, 2.75) is 233 Å². The van der Waals surface area contributed by atoms with Gasteiger partial charge in [-0.05, 0) is 152 Å². The minimum Gasteiger partial charge on any atom is -0.368 e. The van der Waals surface area contributed by atoms with E-state index in [0.717, 1.165) is 0 Å². The predicted molar refractivity (Wildman–Crippen MR) is 328 cm³/mol. The van der Waals surface area contributed by atoms with Crippen molar-refractivity contribution in [2.24, 2.45) is 16.0 Å². The summed E-state index contributed by atoms with van der Waals surface area (Å²) in [5, 5.41) is 7.81. The van der Waals surface area contributed by atoms with Crippen molar-refractivity contribution in [2.75, 3.05) is 78.5 Å². The summed E-state index contributed by atoms with van der Waals surface area (Å²) in [6, 6.07) is -12.8. The Balaban J connectivity index is 0.695. The molecule has 0 aliphatic carbocycles. The van der Waals surface area contributed by atoms with E-state index in [0.29, 0.717) is 135 Å². The van der Waals surface area contributed by atoms with Crippen molar-refractivity contribution in [3.63, 3.8) is 0 Å². The summed E-state index contributed by atoms with van der Waals surface area (Å²) in [6.45, 7) is 3.89. The molecule has 12 aliphatic heterocycles. The van der Waals surface area contributed by atoms with Crippen molar-refractivity contribution in [3.05, 3.63) is 20.9 Å². The molecule has 0 aromatic carbocycles. The summed E-state index contributed by atoms with van der Waals surface area (Å²) in [5.41, 5.74) is 24.7. The number of carbonyl (C=O) groups excluding carboxylic acids is 13. The van der Waals surface area contributed by atoms with Crippen LogP contribution in [0, 0.1) is 0 Å². The van der Waals surface area contributed by atoms with E-state index < -0.39 is 138 Å². The molecule has 12 saturated heterocycles. The van der Waals surface area contributed by atoms with Gasteiger partial charge in [0.25, 0.3) is 0 Å². The second kappa shape index (κ2) is 27.6. The number of nitrogens with zero attached hydrogens (tertiary/aromatic N) is 18. The zero-order chi connectivity index (χ0) is 66.4. The number of primary amides is 1. The molecule has 0 aromatic heterocycles. The summed E-state index contributed by atoms with van der Waals surface area (Å²) in [5.74, 6) is -5.62. The first kappa shape index (κ1) is 65.8. The zero-order valence-electron chi connectivity index (χ0n) is 53.6. The fourth-order valence-corrected chi connectivity index (χ4v) is 18.0. The highest BCUT2D eigenvalue weighted by Gasteiger charge is 2.55. The zero-order valence-corrected chi connectivity index (χ0v) is 53.6. The van der Waals surface area contributed by atoms with E-state index in [1.54, 1.807) is 19.6 Å². The van der Waals surface area contributed by atoms with Crippen LogP contribution in [0.15, 0.2) is 10.2 Å². The molecule has 0 saturated carbocycles. The van der Waals surface area contributed by atoms with Crippen LogP contribution in [-0.2, 0) is 62.3 Å². The number of nitrogens with two attached hydrogens (primary N) is 1. The summed E-state index contributed by atoms with van der Waals surface area (Å²) < 4.78 is 0. The highest BCUT2D eigenvalue weighted by atomic mass is 16.2. The second-order valence-electron chi connectivity index (χ2n) is 27.7. The van der Waals surface area contributed by atoms with Gasteiger partial charge < -0.3 is 64.5 Å². The van der Waals surface area contributed by atoms with Crippen molar-refractivity contribution < 1.29 is 62.3 Å². The molecule has 0 aromatic rings. The van der Waals surface area contributed by atoms with Crippen molar-refractivity contribution in [1.82, 2.24) is 58.8 Å². The van der Waals surface area contributed by atoms with Crippen LogP contribution in [0.3, 0.4) is 0 Å². The van der Waals surface area contributed by atoms with Crippen molar-refractivity contribution in [1.29, 1.82) is 0 Å². The minimum absolute atomic E-state index is 0.0160. The van der Waals surface area contributed by atoms with Gasteiger partial charge in [0, 0.05) is 95.3 Å². The molecule has 32 nitrogen and oxygen atoms in total. The SMILES string of the molecule is CC(=O)N1CCC[C@H]1C(=O)N1CCC[C@H]1C(=O)N1CCC[C@H]1C(=O)N1CCC[C@H]1C(=O)N1CCC[C@H]1C(=O)N1CCC[C@H]1C(=O)N1C[C@H](N=[N+]=[N-])C[C@H]1C(=O)N1CCC[C@H]1C(=O)N1CCC[C@H]1C(=O)N1C[C@H](N=[N+]=[N-])C[C@H]1C(=O)N1CCC[C@H]1C(=O)N1CCC[C@H]1C(N)=O. The molecule has 0 bridgehead atoms. The first-order valence-electron chi connectivity index (χ1n) is 34.3. The lowest BCUT2D eigenvalue weighted by atomic mass is 10.1. The predicted octanol–water partition coefficient (Wildman–Crippen LogP) is -0.0388. The largest absolute Gasteiger partial charge is 0.368 e. The lowest BCUT2D eigenvalue weighted by Crippen LogP contribution is -2.59. The number of hydrogen-bond acceptors (Lipinski definition) is 15. The molecule has 0 radical (unpaired) electrons. The molecule has 13 amide bonds. The molecule has 12 heterocycles. The van der Waals surface area contributed by atoms with E-state index in [1.807, 2.05) is 0 Å². The van der Waals surface area contributed by atoms with Crippen molar-refractivity contribution in [3.8, 4) is 0 Å². The molecule has 12 fully saturated rings. The summed E-state index contributed by atoms with van der Waals surface area (Å²) in [6.07, 6.45) is 8.62. The Hall–Kier alpha value is -8.27. The van der Waals surface area contributed by atoms with Gasteiger partial charge in [-0.25, -0.2) is 0 Å². The van der Waals surface area contributed by atoms with Crippen LogP contribution in [-0.4, -0.2) is 299 Å². The van der Waals surface area contributed by atoms with E-state index in [4.69, 9.17) is 5.73 Å². The Morgan fingerprint density at radius 3 is 0.681 bits per heavy atom. The van der Waals surface area contributed by atoms with Gasteiger partial charge in [-0.2, -0.15) is 0 Å². The van der Waals surface area contributed by atoms with Gasteiger partial charge >= 0.3 is 0 Å². The Bertz CT molecular complexity index is 3210. The van der Waals surface area contributed by atoms with E-state index in [2.05, 4.69) is 20.1 Å². The molecule has 94 heavy (non-hydrogen) atoms. The van der Waals surface area contributed by atoms with Crippen LogP contribution >= 0.6 is 0 Å². The van der Waals surface area contributed by atoms with Crippen molar-refractivity contribution >= 4 is 76.8 Å². The molecule has 14 atom stereocenters. The average Bonchev–Trinajstić information content (AvgIpc) is 1.61. The highest BCUT2D eigenvalue weighted by Crippen LogP contribution is 2.38. The highest BCUT2D eigenvalue weighted by molar-refractivity contribution is 6.01. The van der Waals surface area contributed by atoms with Crippen LogP contribution in [0.4, 0.5) is 0 Å². The van der Waals surface area contributed by atoms with E-state index >= 15 is 9.59 Å². The smallest absolute Gasteiger partial charge is 0.246 e. The van der Waals surface area contributed by atoms with E-state index in [1.165, 1.54) is 46.1 Å². The molecule has 12 rings (SSSR count). The minimum atomic E-state index is -1.19. The van der Waals surface area contributed by atoms with Crippen LogP contribution in [0.1, 0.15) is 148 Å². The fourth-order valence-electron chi connectivity index (χ4n) is 18.0. The van der Waals surface area contributed by atoms with E-state index in [9.17, 15) is 63.8 Å². The normalized spacial score (nSPS) is 32.5. The van der Waals surface area contributed by atoms with Crippen LogP contribution in [0.5, 0.6) is 0 Å². The molecule has 12 aliphatic rings. The van der Waals surface area contributed by atoms with Gasteiger partial charge in [0.15, 0.2) is 0 Å². The van der Waals surface area contributed by atoms with Crippen LogP contribution < -0.4 is 5.73 Å². The maximum absolute atomic E-state index is 15.1. The maximum atomic E-state index is 15.1. The monoisotopic (exact) mass is 1310 g/mol. The third-order valence-electron chi connectivity index (χ3n) is 22.5. The molecular weight excluding hydrogens is 1220 g/mol. The van der Waals surface area contributed by atoms with Crippen LogP contribution in [0.25, 0.3) is 20.9 Å². The third kappa shape index (κ3) is 12.1. The maximum Gasteiger partial charge on any atom is 0.246 e. The standard InChI is InChI=1S/C62H87N19O13/c1-36(82)70-22-3-13-40(70)52(84)72-24-4-15-42(72)54(86)73-25-5-16-43(73)55(87)74-26-6-17-44(74)56(88)75-27-7-18-45(75)57(89)76-28-10-20-47(76)59(91)81-35-38(67-69-65)33-50(81)62(94)79-31-9-19-46(79)58(90)77-29-11-21-48(77)60(92)80-34-37(66-68-64)32-49(80)61(93)78-30-8-14-41(78)53(85)71-23-2-12-39(71)51(63)83/h37-50H,2-35H2,1H3,(H2,63,83)/t37-,38-,39+,40+,41+,42+,43+,44+,45+,46+,47+,48+,49+,50+/m1/s1. The lowest BCUT2D eigenvalue weighted by Gasteiger charge is -2.38. The molecular formula is C62H87N19O13. The van der Waals surface area contributed by atoms with Gasteiger partial charge in [0.1, 0.15) is 72.5 Å². The number of rotatable bonds is 14. The molecule has 2 N–H and O–H groups in total. The second-order valence-corrected chi connectivity index (χ2v) is 27.7. The third-order valence-corrected chi connectivity index (χ3v) is 22.5. The topological polar surface area (TPSA) is 384 Å². The summed E-state index contributed by atoms with van der Waals surface area (Å²) >= 11 is 0. The average molecular weight is 1310 g/mol. The Labute approximate surface area is 544 Å². The lowest BCUT2D eigenvalue weighted by molar-refractivity contribution is -0.156. The van der Waals surface area contributed by atoms with Gasteiger partial charge in [0.2, 0.25) is 76.8 Å². The fraction of sp³-hybridized carbons (Fsp3) is 0.790. The molecule has 32 heteroatoms. The number of hydrogen-bond donors (Lipinski definition) is 1. The molecule has 508 valence electrons. The number of carbonyl (C=O) groups is 13. The Morgan fingerprint density at radius 2 is 0.468 bits per heavy atom. The Morgan fingerprint density at radius 1 is 0.287 bits per heavy atom. The van der Waals surface area contributed by atoms with Gasteiger partial charge in [0.05, 0.1) is 12.1 Å². The summed E-state index contributed by atoms with van der Waals surface area (Å²) in [7, 11) is 0. The summed E-state index contributed by atoms with van der Waals surface area (Å²) in [4.78, 5) is 210. The quantitative estimate of drug-likeness (QED) is 0.136. The molecule has 0 spiro atoms.